The smallest absolute Gasteiger partial charge is 0.170 e. The number of fused-ring (bicyclic) bond motifs is 1. The summed E-state index contributed by atoms with van der Waals surface area (Å²) >= 11 is 11.9. The van der Waals surface area contributed by atoms with Crippen LogP contribution in [0.2, 0.25) is 10.0 Å². The largest absolute Gasteiger partial charge is 0.486 e. The second kappa shape index (κ2) is 4.41. The summed E-state index contributed by atoms with van der Waals surface area (Å²) in [5, 5.41) is 4.10. The Hall–Kier alpha value is -0.770. The van der Waals surface area contributed by atoms with Crippen molar-refractivity contribution in [3.63, 3.8) is 0 Å². The molecular formula is C13H13Cl2NO2. The van der Waals surface area contributed by atoms with Gasteiger partial charge >= 0.3 is 0 Å². The summed E-state index contributed by atoms with van der Waals surface area (Å²) < 4.78 is 6.06. The Morgan fingerprint density at radius 2 is 1.83 bits per heavy atom. The zero-order chi connectivity index (χ0) is 12.8. The molecule has 1 aromatic rings. The third-order valence-corrected chi connectivity index (χ3v) is 4.37. The van der Waals surface area contributed by atoms with Crippen LogP contribution < -0.4 is 10.1 Å². The number of hydrogen-bond donors (Lipinski definition) is 1. The van der Waals surface area contributed by atoms with Gasteiger partial charge in [0.25, 0.3) is 0 Å². The zero-order valence-corrected chi connectivity index (χ0v) is 11.3. The highest BCUT2D eigenvalue weighted by atomic mass is 35.5. The molecule has 0 saturated carbocycles. The summed E-state index contributed by atoms with van der Waals surface area (Å²) in [6.45, 7) is 1.76. The van der Waals surface area contributed by atoms with Crippen molar-refractivity contribution < 1.29 is 9.53 Å². The van der Waals surface area contributed by atoms with Gasteiger partial charge in [0.05, 0.1) is 22.0 Å². The Bertz CT molecular complexity index is 510. The SMILES string of the molecule is O=C1CC2(CCNCC2)Oc2cc(Cl)c(Cl)cc21. The number of hydrogen-bond acceptors (Lipinski definition) is 3. The Morgan fingerprint density at radius 3 is 2.56 bits per heavy atom. The molecule has 0 aromatic heterocycles. The normalized spacial score (nSPS) is 21.6. The quantitative estimate of drug-likeness (QED) is 0.796. The fraction of sp³-hybridized carbons (Fsp3) is 0.462. The van der Waals surface area contributed by atoms with E-state index in [0.717, 1.165) is 25.9 Å². The standard InChI is InChI=1S/C13H13Cl2NO2/c14-9-5-8-11(17)7-13(1-3-16-4-2-13)18-12(8)6-10(9)15/h5-6,16H,1-4,7H2. The van der Waals surface area contributed by atoms with Crippen LogP contribution in [0.25, 0.3) is 0 Å². The molecule has 2 aliphatic rings. The first kappa shape index (κ1) is 12.3. The molecule has 0 amide bonds. The number of benzene rings is 1. The predicted molar refractivity (Wildman–Crippen MR) is 70.9 cm³/mol. The maximum atomic E-state index is 12.2. The number of nitrogens with one attached hydrogen (secondary N) is 1. The summed E-state index contributed by atoms with van der Waals surface area (Å²) in [4.78, 5) is 12.2. The Balaban J connectivity index is 2.01. The van der Waals surface area contributed by atoms with Crippen molar-refractivity contribution in [3.8, 4) is 5.75 Å². The molecule has 0 aliphatic carbocycles. The first-order valence-electron chi connectivity index (χ1n) is 6.02. The lowest BCUT2D eigenvalue weighted by Crippen LogP contribution is -2.49. The van der Waals surface area contributed by atoms with Crippen molar-refractivity contribution in [3.05, 3.63) is 27.7 Å². The molecule has 0 atom stereocenters. The van der Waals surface area contributed by atoms with Gasteiger partial charge in [0, 0.05) is 18.9 Å². The lowest BCUT2D eigenvalue weighted by Gasteiger charge is -2.40. The van der Waals surface area contributed by atoms with E-state index in [1.807, 2.05) is 0 Å². The number of carbonyl (C=O) groups excluding carboxylic acids is 1. The van der Waals surface area contributed by atoms with Crippen molar-refractivity contribution >= 4 is 29.0 Å². The van der Waals surface area contributed by atoms with Gasteiger partial charge < -0.3 is 10.1 Å². The van der Waals surface area contributed by atoms with E-state index in [9.17, 15) is 4.79 Å². The highest BCUT2D eigenvalue weighted by Gasteiger charge is 2.41. The van der Waals surface area contributed by atoms with Gasteiger partial charge in [-0.05, 0) is 19.2 Å². The number of Topliss-reactive ketones (excluding diaryl/α,β-unsaturated/α-hetero) is 1. The van der Waals surface area contributed by atoms with E-state index >= 15 is 0 Å². The molecule has 3 nitrogen and oxygen atoms in total. The van der Waals surface area contributed by atoms with Crippen LogP contribution in [0.4, 0.5) is 0 Å². The number of ether oxygens (including phenoxy) is 1. The second-order valence-electron chi connectivity index (χ2n) is 4.90. The molecule has 18 heavy (non-hydrogen) atoms. The fourth-order valence-corrected chi connectivity index (χ4v) is 2.97. The van der Waals surface area contributed by atoms with Crippen molar-refractivity contribution in [1.82, 2.24) is 5.32 Å². The topological polar surface area (TPSA) is 38.3 Å². The molecule has 0 bridgehead atoms. The van der Waals surface area contributed by atoms with Gasteiger partial charge in [-0.3, -0.25) is 4.79 Å². The Morgan fingerprint density at radius 1 is 1.17 bits per heavy atom. The van der Waals surface area contributed by atoms with Crippen LogP contribution in [-0.2, 0) is 0 Å². The van der Waals surface area contributed by atoms with Crippen LogP contribution >= 0.6 is 23.2 Å². The predicted octanol–water partition coefficient (Wildman–Crippen LogP) is 3.08. The van der Waals surface area contributed by atoms with Gasteiger partial charge in [0.1, 0.15) is 11.4 Å². The lowest BCUT2D eigenvalue weighted by molar-refractivity contribution is 0.0188. The molecule has 2 aliphatic heterocycles. The molecule has 1 spiro atoms. The molecule has 96 valence electrons. The van der Waals surface area contributed by atoms with Gasteiger partial charge in [-0.15, -0.1) is 0 Å². The average Bonchev–Trinajstić information content (AvgIpc) is 2.33. The van der Waals surface area contributed by atoms with Gasteiger partial charge in [0.15, 0.2) is 5.78 Å². The summed E-state index contributed by atoms with van der Waals surface area (Å²) in [6.07, 6.45) is 2.12. The zero-order valence-electron chi connectivity index (χ0n) is 9.76. The molecule has 1 saturated heterocycles. The monoisotopic (exact) mass is 285 g/mol. The third kappa shape index (κ3) is 2.00. The number of carbonyl (C=O) groups is 1. The first-order chi connectivity index (χ1) is 8.60. The fourth-order valence-electron chi connectivity index (χ4n) is 2.65. The van der Waals surface area contributed by atoms with Crippen molar-refractivity contribution in [1.29, 1.82) is 0 Å². The third-order valence-electron chi connectivity index (χ3n) is 3.65. The van der Waals surface area contributed by atoms with Crippen molar-refractivity contribution in [2.24, 2.45) is 0 Å². The van der Waals surface area contributed by atoms with E-state index in [-0.39, 0.29) is 11.4 Å². The van der Waals surface area contributed by atoms with Crippen molar-refractivity contribution in [2.75, 3.05) is 13.1 Å². The summed E-state index contributed by atoms with van der Waals surface area (Å²) in [5.41, 5.74) is 0.195. The molecule has 1 aromatic carbocycles. The molecular weight excluding hydrogens is 273 g/mol. The van der Waals surface area contributed by atoms with Gasteiger partial charge in [-0.2, -0.15) is 0 Å². The lowest BCUT2D eigenvalue weighted by atomic mass is 9.83. The minimum Gasteiger partial charge on any atom is -0.486 e. The van der Waals surface area contributed by atoms with E-state index < -0.39 is 0 Å². The summed E-state index contributed by atoms with van der Waals surface area (Å²) in [7, 11) is 0. The molecule has 3 rings (SSSR count). The van der Waals surface area contributed by atoms with Crippen LogP contribution in [0, 0.1) is 0 Å². The van der Waals surface area contributed by atoms with Gasteiger partial charge in [-0.1, -0.05) is 23.2 Å². The highest BCUT2D eigenvalue weighted by Crippen LogP contribution is 2.41. The molecule has 0 radical (unpaired) electrons. The van der Waals surface area contributed by atoms with Crippen LogP contribution in [0.3, 0.4) is 0 Å². The van der Waals surface area contributed by atoms with E-state index in [0.29, 0.717) is 27.8 Å². The molecule has 2 heterocycles. The summed E-state index contributed by atoms with van der Waals surface area (Å²) in [5.74, 6) is 0.666. The number of halogens is 2. The Kier molecular flexibility index (Phi) is 3.00. The average molecular weight is 286 g/mol. The number of piperidine rings is 1. The summed E-state index contributed by atoms with van der Waals surface area (Å²) in [6, 6.07) is 3.26. The maximum Gasteiger partial charge on any atom is 0.170 e. The minimum absolute atomic E-state index is 0.0942. The minimum atomic E-state index is -0.355. The molecule has 0 unspecified atom stereocenters. The van der Waals surface area contributed by atoms with Crippen molar-refractivity contribution in [2.45, 2.75) is 24.9 Å². The van der Waals surface area contributed by atoms with Crippen LogP contribution in [-0.4, -0.2) is 24.5 Å². The van der Waals surface area contributed by atoms with Crippen LogP contribution in [0.5, 0.6) is 5.75 Å². The van der Waals surface area contributed by atoms with Gasteiger partial charge in [0.2, 0.25) is 0 Å². The highest BCUT2D eigenvalue weighted by molar-refractivity contribution is 6.42. The van der Waals surface area contributed by atoms with Crippen LogP contribution in [0.1, 0.15) is 29.6 Å². The molecule has 1 fully saturated rings. The molecule has 1 N–H and O–H groups in total. The van der Waals surface area contributed by atoms with Crippen LogP contribution in [0.15, 0.2) is 12.1 Å². The maximum absolute atomic E-state index is 12.2. The Labute approximate surface area is 115 Å². The number of ketones is 1. The van der Waals surface area contributed by atoms with E-state index in [2.05, 4.69) is 5.32 Å². The van der Waals surface area contributed by atoms with E-state index in [1.165, 1.54) is 0 Å². The van der Waals surface area contributed by atoms with E-state index in [4.69, 9.17) is 27.9 Å². The van der Waals surface area contributed by atoms with Gasteiger partial charge in [-0.25, -0.2) is 0 Å². The first-order valence-corrected chi connectivity index (χ1v) is 6.77. The second-order valence-corrected chi connectivity index (χ2v) is 5.71. The number of rotatable bonds is 0. The molecule has 5 heteroatoms. The van der Waals surface area contributed by atoms with E-state index in [1.54, 1.807) is 12.1 Å².